The van der Waals surface area contributed by atoms with E-state index in [9.17, 15) is 14.7 Å². The van der Waals surface area contributed by atoms with Crippen molar-refractivity contribution in [1.29, 1.82) is 0 Å². The molecule has 2 aromatic carbocycles. The molecular formula is C26H22N2O6. The van der Waals surface area contributed by atoms with Crippen molar-refractivity contribution in [3.8, 4) is 17.2 Å². The molecule has 8 nitrogen and oxygen atoms in total. The van der Waals surface area contributed by atoms with Crippen molar-refractivity contribution < 1.29 is 28.9 Å². The minimum Gasteiger partial charge on any atom is -0.507 e. The summed E-state index contributed by atoms with van der Waals surface area (Å²) in [5, 5.41) is 11.3. The molecule has 2 aliphatic rings. The van der Waals surface area contributed by atoms with E-state index < -0.39 is 17.7 Å². The lowest BCUT2D eigenvalue weighted by Crippen LogP contribution is -2.29. The highest BCUT2D eigenvalue weighted by molar-refractivity contribution is 6.51. The number of hydrogen-bond donors (Lipinski definition) is 1. The maximum absolute atomic E-state index is 13.3. The highest BCUT2D eigenvalue weighted by Crippen LogP contribution is 2.44. The van der Waals surface area contributed by atoms with Gasteiger partial charge in [0.25, 0.3) is 11.7 Å². The van der Waals surface area contributed by atoms with Gasteiger partial charge in [-0.15, -0.1) is 0 Å². The molecule has 1 atom stereocenters. The third kappa shape index (κ3) is 3.73. The van der Waals surface area contributed by atoms with Gasteiger partial charge in [-0.05, 0) is 42.8 Å². The number of ketones is 1. The minimum atomic E-state index is -0.929. The van der Waals surface area contributed by atoms with Crippen molar-refractivity contribution in [1.82, 2.24) is 4.98 Å². The van der Waals surface area contributed by atoms with Crippen molar-refractivity contribution in [3.05, 3.63) is 83.7 Å². The highest BCUT2D eigenvalue weighted by Gasteiger charge is 2.48. The second-order valence-electron chi connectivity index (χ2n) is 7.84. The third-order valence-corrected chi connectivity index (χ3v) is 5.63. The number of rotatable bonds is 6. The van der Waals surface area contributed by atoms with Crippen LogP contribution in [0.5, 0.6) is 17.2 Å². The summed E-state index contributed by atoms with van der Waals surface area (Å²) in [6.07, 6.45) is 2.41. The van der Waals surface area contributed by atoms with Gasteiger partial charge in [-0.2, -0.15) is 0 Å². The van der Waals surface area contributed by atoms with E-state index in [1.165, 1.54) is 4.90 Å². The number of Topliss-reactive ketones (excluding diaryl/α,β-unsaturated/α-hetero) is 1. The number of pyridine rings is 1. The minimum absolute atomic E-state index is 0.0472. The zero-order chi connectivity index (χ0) is 23.7. The molecule has 0 spiro atoms. The number of amides is 1. The van der Waals surface area contributed by atoms with Gasteiger partial charge in [0.2, 0.25) is 6.79 Å². The van der Waals surface area contributed by atoms with Crippen LogP contribution in [0.3, 0.4) is 0 Å². The van der Waals surface area contributed by atoms with Gasteiger partial charge in [0.15, 0.2) is 11.5 Å². The molecule has 0 bridgehead atoms. The van der Waals surface area contributed by atoms with E-state index in [-0.39, 0.29) is 18.1 Å². The van der Waals surface area contributed by atoms with E-state index in [2.05, 4.69) is 4.98 Å². The Labute approximate surface area is 196 Å². The lowest BCUT2D eigenvalue weighted by molar-refractivity contribution is -0.132. The summed E-state index contributed by atoms with van der Waals surface area (Å²) in [5.41, 5.74) is 1.20. The number of aliphatic hydroxyl groups is 1. The predicted octanol–water partition coefficient (Wildman–Crippen LogP) is 4.23. The van der Waals surface area contributed by atoms with Crippen LogP contribution in [0.4, 0.5) is 5.69 Å². The smallest absolute Gasteiger partial charge is 0.300 e. The zero-order valence-electron chi connectivity index (χ0n) is 18.4. The highest BCUT2D eigenvalue weighted by atomic mass is 16.7. The van der Waals surface area contributed by atoms with Gasteiger partial charge in [-0.25, -0.2) is 0 Å². The number of benzene rings is 2. The van der Waals surface area contributed by atoms with Crippen LogP contribution in [0.1, 0.15) is 30.6 Å². The van der Waals surface area contributed by atoms with Crippen LogP contribution >= 0.6 is 0 Å². The maximum atomic E-state index is 13.3. The fraction of sp³-hybridized carbons (Fsp3) is 0.192. The number of carbonyl (C=O) groups excluding carboxylic acids is 2. The van der Waals surface area contributed by atoms with E-state index in [4.69, 9.17) is 14.2 Å². The lowest BCUT2D eigenvalue weighted by atomic mass is 9.98. The van der Waals surface area contributed by atoms with Gasteiger partial charge < -0.3 is 19.3 Å². The summed E-state index contributed by atoms with van der Waals surface area (Å²) < 4.78 is 16.5. The van der Waals surface area contributed by atoms with E-state index in [1.807, 2.05) is 6.92 Å². The molecular weight excluding hydrogens is 436 g/mol. The molecule has 2 aliphatic heterocycles. The SMILES string of the molecule is CCCOc1cccc(/C(O)=C2\C(=O)C(=O)N(c3ccc4c(c3)OCO4)C2c2ccccn2)c1. The molecule has 34 heavy (non-hydrogen) atoms. The molecule has 1 aromatic heterocycles. The number of aliphatic hydroxyl groups excluding tert-OH is 1. The van der Waals surface area contributed by atoms with Gasteiger partial charge in [-0.1, -0.05) is 25.1 Å². The molecule has 172 valence electrons. The second-order valence-corrected chi connectivity index (χ2v) is 7.84. The first-order valence-corrected chi connectivity index (χ1v) is 10.9. The molecule has 1 unspecified atom stereocenters. The van der Waals surface area contributed by atoms with Gasteiger partial charge in [-0.3, -0.25) is 19.5 Å². The zero-order valence-corrected chi connectivity index (χ0v) is 18.4. The van der Waals surface area contributed by atoms with Crippen LogP contribution in [-0.2, 0) is 9.59 Å². The Bertz CT molecular complexity index is 1290. The van der Waals surface area contributed by atoms with Crippen LogP contribution < -0.4 is 19.1 Å². The van der Waals surface area contributed by atoms with E-state index in [0.717, 1.165) is 6.42 Å². The average Bonchev–Trinajstić information content (AvgIpc) is 3.45. The van der Waals surface area contributed by atoms with Crippen molar-refractivity contribution in [2.75, 3.05) is 18.3 Å². The van der Waals surface area contributed by atoms with Crippen LogP contribution in [0, 0.1) is 0 Å². The molecule has 3 heterocycles. The molecule has 5 rings (SSSR count). The van der Waals surface area contributed by atoms with Crippen LogP contribution in [0.2, 0.25) is 0 Å². The topological polar surface area (TPSA) is 98.2 Å². The largest absolute Gasteiger partial charge is 0.507 e. The summed E-state index contributed by atoms with van der Waals surface area (Å²) in [7, 11) is 0. The summed E-state index contributed by atoms with van der Waals surface area (Å²) in [5.74, 6) is -0.275. The number of nitrogens with zero attached hydrogens (tertiary/aromatic N) is 2. The Hall–Kier alpha value is -4.33. The van der Waals surface area contributed by atoms with Gasteiger partial charge >= 0.3 is 0 Å². The van der Waals surface area contributed by atoms with E-state index in [1.54, 1.807) is 66.9 Å². The fourth-order valence-corrected chi connectivity index (χ4v) is 4.06. The van der Waals surface area contributed by atoms with Gasteiger partial charge in [0, 0.05) is 23.5 Å². The predicted molar refractivity (Wildman–Crippen MR) is 124 cm³/mol. The Morgan fingerprint density at radius 3 is 2.74 bits per heavy atom. The number of carbonyl (C=O) groups is 2. The molecule has 1 saturated heterocycles. The lowest BCUT2D eigenvalue weighted by Gasteiger charge is -2.24. The summed E-state index contributed by atoms with van der Waals surface area (Å²) in [6.45, 7) is 2.60. The van der Waals surface area contributed by atoms with Crippen molar-refractivity contribution in [2.45, 2.75) is 19.4 Å². The molecule has 0 saturated carbocycles. The third-order valence-electron chi connectivity index (χ3n) is 5.63. The first-order chi connectivity index (χ1) is 16.6. The molecule has 0 radical (unpaired) electrons. The number of anilines is 1. The molecule has 3 aromatic rings. The van der Waals surface area contributed by atoms with E-state index >= 15 is 0 Å². The summed E-state index contributed by atoms with van der Waals surface area (Å²) in [6, 6.07) is 16.1. The summed E-state index contributed by atoms with van der Waals surface area (Å²) >= 11 is 0. The van der Waals surface area contributed by atoms with E-state index in [0.29, 0.717) is 40.8 Å². The number of ether oxygens (including phenoxy) is 3. The first kappa shape index (κ1) is 21.5. The monoisotopic (exact) mass is 458 g/mol. The van der Waals surface area contributed by atoms with Crippen LogP contribution in [-0.4, -0.2) is 35.2 Å². The maximum Gasteiger partial charge on any atom is 0.300 e. The number of hydrogen-bond acceptors (Lipinski definition) is 7. The van der Waals surface area contributed by atoms with Crippen molar-refractivity contribution in [2.24, 2.45) is 0 Å². The Morgan fingerprint density at radius 1 is 1.09 bits per heavy atom. The van der Waals surface area contributed by atoms with Crippen molar-refractivity contribution >= 4 is 23.1 Å². The number of fused-ring (bicyclic) bond motifs is 1. The fourth-order valence-electron chi connectivity index (χ4n) is 4.06. The van der Waals surface area contributed by atoms with Gasteiger partial charge in [0.1, 0.15) is 17.6 Å². The Morgan fingerprint density at radius 2 is 1.94 bits per heavy atom. The molecule has 0 aliphatic carbocycles. The molecule has 1 fully saturated rings. The standard InChI is InChI=1S/C26H22N2O6/c1-2-12-32-18-7-5-6-16(13-18)24(29)22-23(19-8-3-4-11-27-19)28(26(31)25(22)30)17-9-10-20-21(14-17)34-15-33-20/h3-11,13-14,23,29H,2,12,15H2,1H3/b24-22+. The first-order valence-electron chi connectivity index (χ1n) is 10.9. The Balaban J connectivity index is 1.64. The summed E-state index contributed by atoms with van der Waals surface area (Å²) in [4.78, 5) is 32.2. The number of aromatic nitrogens is 1. The van der Waals surface area contributed by atoms with Gasteiger partial charge in [0.05, 0.1) is 17.9 Å². The van der Waals surface area contributed by atoms with Crippen LogP contribution in [0.15, 0.2) is 72.4 Å². The van der Waals surface area contributed by atoms with Crippen molar-refractivity contribution in [3.63, 3.8) is 0 Å². The molecule has 1 N–H and O–H groups in total. The van der Waals surface area contributed by atoms with Crippen LogP contribution in [0.25, 0.3) is 5.76 Å². The normalized spacial score (nSPS) is 18.4. The quantitative estimate of drug-likeness (QED) is 0.335. The second kappa shape index (κ2) is 8.90. The molecule has 1 amide bonds. The molecule has 8 heteroatoms. The Kier molecular flexibility index (Phi) is 5.63. The average molecular weight is 458 g/mol.